The van der Waals surface area contributed by atoms with E-state index in [9.17, 15) is 4.79 Å². The van der Waals surface area contributed by atoms with Crippen molar-refractivity contribution < 1.29 is 9.53 Å². The van der Waals surface area contributed by atoms with Crippen molar-refractivity contribution in [2.45, 2.75) is 38.5 Å². The molecular weight excluding hydrogens is 358 g/mol. The average Bonchev–Trinajstić information content (AvgIpc) is 2.74. The van der Waals surface area contributed by atoms with E-state index in [1.54, 1.807) is 0 Å². The maximum absolute atomic E-state index is 13.2. The molecule has 1 amide bonds. The first-order valence-electron chi connectivity index (χ1n) is 10.1. The zero-order valence-corrected chi connectivity index (χ0v) is 17.2. The van der Waals surface area contributed by atoms with Crippen LogP contribution in [0, 0.1) is 13.8 Å². The third kappa shape index (κ3) is 4.10. The Kier molecular flexibility index (Phi) is 5.50. The fourth-order valence-electron chi connectivity index (χ4n) is 4.02. The van der Waals surface area contributed by atoms with Gasteiger partial charge in [-0.05, 0) is 30.5 Å². The number of hydrogen-bond donors (Lipinski definition) is 0. The summed E-state index contributed by atoms with van der Waals surface area (Å²) < 4.78 is 6.51. The number of nitrogens with zero attached hydrogens (tertiary/aromatic N) is 1. The molecule has 1 aliphatic heterocycles. The summed E-state index contributed by atoms with van der Waals surface area (Å²) in [5, 5.41) is 0. The van der Waals surface area contributed by atoms with Crippen molar-refractivity contribution in [1.29, 1.82) is 0 Å². The van der Waals surface area contributed by atoms with Gasteiger partial charge in [0.25, 0.3) is 5.91 Å². The molecule has 3 aromatic carbocycles. The number of benzene rings is 3. The molecule has 0 radical (unpaired) electrons. The Morgan fingerprint density at radius 2 is 1.34 bits per heavy atom. The largest absolute Gasteiger partial charge is 0.358 e. The zero-order chi connectivity index (χ0) is 20.4. The Hall–Kier alpha value is -2.91. The molecule has 0 bridgehead atoms. The molecule has 0 N–H and O–H groups in total. The van der Waals surface area contributed by atoms with Crippen molar-refractivity contribution in [2.24, 2.45) is 0 Å². The lowest BCUT2D eigenvalue weighted by Gasteiger charge is -2.43. The summed E-state index contributed by atoms with van der Waals surface area (Å²) in [5.41, 5.74) is 5.71. The van der Waals surface area contributed by atoms with Gasteiger partial charge in [0.05, 0.1) is 6.04 Å². The predicted molar refractivity (Wildman–Crippen MR) is 116 cm³/mol. The Labute approximate surface area is 172 Å². The van der Waals surface area contributed by atoms with Crippen LogP contribution in [0.1, 0.15) is 40.0 Å². The summed E-state index contributed by atoms with van der Waals surface area (Å²) in [4.78, 5) is 15.1. The summed E-state index contributed by atoms with van der Waals surface area (Å²) >= 11 is 0. The number of rotatable bonds is 4. The molecular formula is C26H27NO2. The molecule has 3 heteroatoms. The maximum Gasteiger partial charge on any atom is 0.252 e. The molecule has 1 fully saturated rings. The lowest BCUT2D eigenvalue weighted by atomic mass is 9.90. The Bertz CT molecular complexity index is 964. The monoisotopic (exact) mass is 385 g/mol. The van der Waals surface area contributed by atoms with Crippen LogP contribution in [0.5, 0.6) is 0 Å². The van der Waals surface area contributed by atoms with E-state index < -0.39 is 6.10 Å². The van der Waals surface area contributed by atoms with Gasteiger partial charge in [-0.25, -0.2) is 0 Å². The molecule has 0 aliphatic carbocycles. The van der Waals surface area contributed by atoms with Crippen LogP contribution in [0.2, 0.25) is 0 Å². The standard InChI is InChI=1S/C26H27NO2/c1-18-9-13-21(14-10-18)24-25(22-15-11-19(2)12-16-22)29-23(26(28)27(24)3)17-20-7-5-4-6-8-20/h4-16,23-25H,17H2,1-3H3/t23-,24+,25-/m0/s1. The van der Waals surface area contributed by atoms with Crippen LogP contribution in [0.25, 0.3) is 0 Å². The Morgan fingerprint density at radius 3 is 1.93 bits per heavy atom. The summed E-state index contributed by atoms with van der Waals surface area (Å²) in [5.74, 6) is 0.0304. The second-order valence-corrected chi connectivity index (χ2v) is 7.95. The lowest BCUT2D eigenvalue weighted by Crippen LogP contribution is -2.49. The topological polar surface area (TPSA) is 29.5 Å². The quantitative estimate of drug-likeness (QED) is 0.619. The number of likely N-dealkylation sites (N-methyl/N-ethyl adjacent to an activating group) is 1. The van der Waals surface area contributed by atoms with Gasteiger partial charge in [0.2, 0.25) is 0 Å². The highest BCUT2D eigenvalue weighted by Gasteiger charge is 2.42. The molecule has 0 aromatic heterocycles. The third-order valence-corrected chi connectivity index (χ3v) is 5.73. The van der Waals surface area contributed by atoms with Crippen molar-refractivity contribution in [3.05, 3.63) is 107 Å². The van der Waals surface area contributed by atoms with E-state index in [1.165, 1.54) is 11.1 Å². The van der Waals surface area contributed by atoms with Crippen LogP contribution in [-0.4, -0.2) is 24.0 Å². The maximum atomic E-state index is 13.2. The van der Waals surface area contributed by atoms with Crippen LogP contribution in [0.4, 0.5) is 0 Å². The normalized spacial score (nSPS) is 22.0. The third-order valence-electron chi connectivity index (χ3n) is 5.73. The number of morpholine rings is 1. The summed E-state index contributed by atoms with van der Waals surface area (Å²) in [7, 11) is 1.90. The summed E-state index contributed by atoms with van der Waals surface area (Å²) in [6, 6.07) is 26.8. The molecule has 0 saturated carbocycles. The first-order chi connectivity index (χ1) is 14.0. The van der Waals surface area contributed by atoms with Crippen LogP contribution >= 0.6 is 0 Å². The van der Waals surface area contributed by atoms with E-state index in [-0.39, 0.29) is 18.1 Å². The molecule has 3 atom stereocenters. The SMILES string of the molecule is Cc1ccc([C@@H]2[C@H](c3ccc(C)cc3)O[C@@H](Cc3ccccc3)C(=O)N2C)cc1. The van der Waals surface area contributed by atoms with E-state index >= 15 is 0 Å². The molecule has 1 saturated heterocycles. The van der Waals surface area contributed by atoms with Gasteiger partial charge in [0, 0.05) is 13.5 Å². The van der Waals surface area contributed by atoms with Crippen molar-refractivity contribution >= 4 is 5.91 Å². The molecule has 0 spiro atoms. The smallest absolute Gasteiger partial charge is 0.252 e. The van der Waals surface area contributed by atoms with Gasteiger partial charge >= 0.3 is 0 Å². The number of carbonyl (C=O) groups is 1. The van der Waals surface area contributed by atoms with Crippen LogP contribution in [0.15, 0.2) is 78.9 Å². The fourth-order valence-corrected chi connectivity index (χ4v) is 4.02. The van der Waals surface area contributed by atoms with Crippen molar-refractivity contribution in [3.63, 3.8) is 0 Å². The average molecular weight is 386 g/mol. The molecule has 1 heterocycles. The lowest BCUT2D eigenvalue weighted by molar-refractivity contribution is -0.171. The minimum atomic E-state index is -0.490. The summed E-state index contributed by atoms with van der Waals surface area (Å²) in [6.07, 6.45) is -0.127. The van der Waals surface area contributed by atoms with Gasteiger partial charge in [-0.1, -0.05) is 90.0 Å². The molecule has 3 nitrogen and oxygen atoms in total. The molecule has 29 heavy (non-hydrogen) atoms. The molecule has 3 aromatic rings. The zero-order valence-electron chi connectivity index (χ0n) is 17.2. The number of aryl methyl sites for hydroxylation is 2. The van der Waals surface area contributed by atoms with Crippen LogP contribution < -0.4 is 0 Å². The highest BCUT2D eigenvalue weighted by atomic mass is 16.5. The van der Waals surface area contributed by atoms with Crippen molar-refractivity contribution in [2.75, 3.05) is 7.05 Å². The van der Waals surface area contributed by atoms with Gasteiger partial charge in [-0.3, -0.25) is 4.79 Å². The second kappa shape index (κ2) is 8.22. The molecule has 0 unspecified atom stereocenters. The number of ether oxygens (including phenoxy) is 1. The van der Waals surface area contributed by atoms with Crippen LogP contribution in [0.3, 0.4) is 0 Å². The van der Waals surface area contributed by atoms with Crippen LogP contribution in [-0.2, 0) is 16.0 Å². The van der Waals surface area contributed by atoms with Gasteiger partial charge in [-0.2, -0.15) is 0 Å². The van der Waals surface area contributed by atoms with Gasteiger partial charge in [0.15, 0.2) is 0 Å². The number of carbonyl (C=O) groups excluding carboxylic acids is 1. The Balaban J connectivity index is 1.71. The predicted octanol–water partition coefficient (Wildman–Crippen LogP) is 5.19. The van der Waals surface area contributed by atoms with E-state index in [0.717, 1.165) is 16.7 Å². The second-order valence-electron chi connectivity index (χ2n) is 7.95. The summed E-state index contributed by atoms with van der Waals surface area (Å²) in [6.45, 7) is 4.15. The molecule has 4 rings (SSSR count). The number of amides is 1. The van der Waals surface area contributed by atoms with Gasteiger partial charge in [0.1, 0.15) is 12.2 Å². The van der Waals surface area contributed by atoms with E-state index in [1.807, 2.05) is 42.3 Å². The van der Waals surface area contributed by atoms with Crippen molar-refractivity contribution in [3.8, 4) is 0 Å². The van der Waals surface area contributed by atoms with E-state index in [4.69, 9.17) is 4.74 Å². The minimum Gasteiger partial charge on any atom is -0.358 e. The van der Waals surface area contributed by atoms with Gasteiger partial charge < -0.3 is 9.64 Å². The molecule has 1 aliphatic rings. The highest BCUT2D eigenvalue weighted by molar-refractivity contribution is 5.82. The van der Waals surface area contributed by atoms with Crippen molar-refractivity contribution in [1.82, 2.24) is 4.90 Å². The van der Waals surface area contributed by atoms with E-state index in [0.29, 0.717) is 6.42 Å². The highest BCUT2D eigenvalue weighted by Crippen LogP contribution is 2.41. The first kappa shape index (κ1) is 19.4. The fraction of sp³-hybridized carbons (Fsp3) is 0.269. The van der Waals surface area contributed by atoms with Gasteiger partial charge in [-0.15, -0.1) is 0 Å². The number of hydrogen-bond acceptors (Lipinski definition) is 2. The van der Waals surface area contributed by atoms with E-state index in [2.05, 4.69) is 62.4 Å². The molecule has 148 valence electrons. The Morgan fingerprint density at radius 1 is 0.793 bits per heavy atom. The first-order valence-corrected chi connectivity index (χ1v) is 10.1. The minimum absolute atomic E-state index is 0.0304.